The highest BCUT2D eigenvalue weighted by Crippen LogP contribution is 2.18. The van der Waals surface area contributed by atoms with Crippen molar-refractivity contribution >= 4 is 11.3 Å². The number of benzene rings is 2. The highest BCUT2D eigenvalue weighted by molar-refractivity contribution is 5.68. The van der Waals surface area contributed by atoms with Crippen LogP contribution in [0.25, 0.3) is 11.3 Å². The molecule has 2 aromatic carbocycles. The summed E-state index contributed by atoms with van der Waals surface area (Å²) >= 11 is 0. The minimum atomic E-state index is 0.683. The zero-order valence-corrected chi connectivity index (χ0v) is 15.0. The normalized spacial score (nSPS) is 12.4. The van der Waals surface area contributed by atoms with E-state index >= 15 is 0 Å². The molecule has 0 saturated heterocycles. The Kier molecular flexibility index (Phi) is 5.83. The lowest BCUT2D eigenvalue weighted by molar-refractivity contribution is 0.388. The fourth-order valence-corrected chi connectivity index (χ4v) is 2.57. The van der Waals surface area contributed by atoms with Crippen molar-refractivity contribution in [3.8, 4) is 0 Å². The summed E-state index contributed by atoms with van der Waals surface area (Å²) < 4.78 is 0. The third kappa shape index (κ3) is 4.49. The zero-order chi connectivity index (χ0) is 17.7. The van der Waals surface area contributed by atoms with Crippen LogP contribution in [0.15, 0.2) is 54.7 Å². The Morgan fingerprint density at radius 2 is 1.62 bits per heavy atom. The van der Waals surface area contributed by atoms with Crippen LogP contribution in [0.2, 0.25) is 0 Å². The van der Waals surface area contributed by atoms with Gasteiger partial charge in [-0.2, -0.15) is 0 Å². The largest absolute Gasteiger partial charge is 0.399 e. The molecule has 0 aliphatic rings. The van der Waals surface area contributed by atoms with E-state index in [1.807, 2.05) is 31.3 Å². The van der Waals surface area contributed by atoms with E-state index in [0.717, 1.165) is 22.4 Å². The van der Waals surface area contributed by atoms with Gasteiger partial charge in [0.15, 0.2) is 0 Å². The lowest BCUT2D eigenvalue weighted by Crippen LogP contribution is -2.24. The molecule has 2 aromatic rings. The first-order valence-corrected chi connectivity index (χ1v) is 8.19. The van der Waals surface area contributed by atoms with E-state index in [0.29, 0.717) is 6.54 Å². The number of nitrogens with two attached hydrogens (primary N) is 2. The van der Waals surface area contributed by atoms with E-state index in [4.69, 9.17) is 11.6 Å². The molecule has 24 heavy (non-hydrogen) atoms. The minimum Gasteiger partial charge on any atom is -0.399 e. The van der Waals surface area contributed by atoms with E-state index < -0.39 is 0 Å². The van der Waals surface area contributed by atoms with Gasteiger partial charge in [0, 0.05) is 11.9 Å². The first-order chi connectivity index (χ1) is 11.4. The van der Waals surface area contributed by atoms with Crippen LogP contribution in [0, 0.1) is 13.8 Å². The van der Waals surface area contributed by atoms with Gasteiger partial charge in [0.1, 0.15) is 0 Å². The maximum absolute atomic E-state index is 6.16. The fraction of sp³-hybridized carbons (Fsp3) is 0.238. The van der Waals surface area contributed by atoms with Gasteiger partial charge in [-0.25, -0.2) is 5.84 Å². The average Bonchev–Trinajstić information content (AvgIpc) is 2.57. The number of hydrazine groups is 1. The van der Waals surface area contributed by atoms with Crippen molar-refractivity contribution in [3.63, 3.8) is 0 Å². The van der Waals surface area contributed by atoms with Gasteiger partial charge in [-0.1, -0.05) is 48.5 Å². The Hall–Kier alpha value is -2.52. The van der Waals surface area contributed by atoms with Crippen LogP contribution in [0.4, 0.5) is 0 Å². The van der Waals surface area contributed by atoms with Crippen LogP contribution in [-0.4, -0.2) is 5.01 Å². The van der Waals surface area contributed by atoms with Crippen molar-refractivity contribution in [2.75, 3.05) is 0 Å². The Balaban J connectivity index is 2.10. The number of aryl methyl sites for hydroxylation is 2. The number of rotatable bonds is 5. The standard InChI is InChI=1S/C21H27N3/c1-5-21(22)20-10-8-19(9-11-20)17(4)13-24(23)14-18-7-6-15(2)16(3)12-18/h5-13H,14,22-23H2,1-4H3/b17-13+,21-5-. The molecular formula is C21H27N3. The first kappa shape index (κ1) is 17.8. The van der Waals surface area contributed by atoms with E-state index in [1.54, 1.807) is 5.01 Å². The Morgan fingerprint density at radius 1 is 1.00 bits per heavy atom. The second-order valence-corrected chi connectivity index (χ2v) is 6.22. The summed E-state index contributed by atoms with van der Waals surface area (Å²) in [6.45, 7) is 8.93. The predicted molar refractivity (Wildman–Crippen MR) is 104 cm³/mol. The summed E-state index contributed by atoms with van der Waals surface area (Å²) in [7, 11) is 0. The minimum absolute atomic E-state index is 0.683. The maximum atomic E-state index is 6.16. The third-order valence-corrected chi connectivity index (χ3v) is 4.28. The van der Waals surface area contributed by atoms with Gasteiger partial charge in [0.2, 0.25) is 0 Å². The number of allylic oxidation sites excluding steroid dienone is 2. The summed E-state index contributed by atoms with van der Waals surface area (Å²) in [5.74, 6) is 6.16. The molecule has 126 valence electrons. The summed E-state index contributed by atoms with van der Waals surface area (Å²) in [5.41, 5.74) is 13.8. The average molecular weight is 321 g/mol. The topological polar surface area (TPSA) is 55.3 Å². The van der Waals surface area contributed by atoms with Crippen LogP contribution in [0.5, 0.6) is 0 Å². The summed E-state index contributed by atoms with van der Waals surface area (Å²) in [4.78, 5) is 0. The molecule has 0 heterocycles. The Morgan fingerprint density at radius 3 is 2.21 bits per heavy atom. The molecule has 4 N–H and O–H groups in total. The summed E-state index contributed by atoms with van der Waals surface area (Å²) in [5, 5.41) is 1.73. The van der Waals surface area contributed by atoms with Crippen LogP contribution in [0.1, 0.15) is 41.7 Å². The van der Waals surface area contributed by atoms with Crippen molar-refractivity contribution in [2.24, 2.45) is 11.6 Å². The van der Waals surface area contributed by atoms with Gasteiger partial charge in [-0.15, -0.1) is 0 Å². The molecule has 0 saturated carbocycles. The van der Waals surface area contributed by atoms with E-state index in [2.05, 4.69) is 51.1 Å². The molecule has 0 bridgehead atoms. The van der Waals surface area contributed by atoms with Crippen molar-refractivity contribution in [1.29, 1.82) is 0 Å². The van der Waals surface area contributed by atoms with Gasteiger partial charge in [0.25, 0.3) is 0 Å². The van der Waals surface area contributed by atoms with Gasteiger partial charge in [-0.3, -0.25) is 0 Å². The second kappa shape index (κ2) is 7.84. The molecule has 0 aliphatic carbocycles. The highest BCUT2D eigenvalue weighted by atomic mass is 15.4. The number of hydrogen-bond donors (Lipinski definition) is 2. The first-order valence-electron chi connectivity index (χ1n) is 8.19. The van der Waals surface area contributed by atoms with Gasteiger partial charge in [0.05, 0.1) is 6.54 Å². The van der Waals surface area contributed by atoms with E-state index in [9.17, 15) is 0 Å². The molecule has 0 spiro atoms. The van der Waals surface area contributed by atoms with E-state index in [-0.39, 0.29) is 0 Å². The Bertz CT molecular complexity index is 755. The third-order valence-electron chi connectivity index (χ3n) is 4.28. The lowest BCUT2D eigenvalue weighted by Gasteiger charge is -2.16. The molecule has 0 atom stereocenters. The van der Waals surface area contributed by atoms with Crippen molar-refractivity contribution < 1.29 is 0 Å². The number of hydrogen-bond acceptors (Lipinski definition) is 3. The number of nitrogens with zero attached hydrogens (tertiary/aromatic N) is 1. The smallest absolute Gasteiger partial charge is 0.0585 e. The van der Waals surface area contributed by atoms with Crippen molar-refractivity contribution in [3.05, 3.63) is 82.6 Å². The zero-order valence-electron chi connectivity index (χ0n) is 15.0. The van der Waals surface area contributed by atoms with Crippen LogP contribution in [0.3, 0.4) is 0 Å². The van der Waals surface area contributed by atoms with Gasteiger partial charge >= 0.3 is 0 Å². The molecule has 0 fully saturated rings. The van der Waals surface area contributed by atoms with Crippen molar-refractivity contribution in [2.45, 2.75) is 34.2 Å². The fourth-order valence-electron chi connectivity index (χ4n) is 2.57. The van der Waals surface area contributed by atoms with Crippen molar-refractivity contribution in [1.82, 2.24) is 5.01 Å². The Labute approximate surface area is 145 Å². The summed E-state index contributed by atoms with van der Waals surface area (Å²) in [6, 6.07) is 14.7. The second-order valence-electron chi connectivity index (χ2n) is 6.22. The molecule has 3 nitrogen and oxygen atoms in total. The van der Waals surface area contributed by atoms with Crippen LogP contribution < -0.4 is 11.6 Å². The molecule has 0 aromatic heterocycles. The van der Waals surface area contributed by atoms with Gasteiger partial charge in [-0.05, 0) is 61.1 Å². The summed E-state index contributed by atoms with van der Waals surface area (Å²) in [6.07, 6.45) is 3.88. The van der Waals surface area contributed by atoms with E-state index in [1.165, 1.54) is 16.7 Å². The molecule has 0 unspecified atom stereocenters. The van der Waals surface area contributed by atoms with Gasteiger partial charge < -0.3 is 10.7 Å². The SMILES string of the molecule is C/C=C(\N)c1ccc(/C(C)=C/N(N)Cc2ccc(C)c(C)c2)cc1. The lowest BCUT2D eigenvalue weighted by atomic mass is 10.0. The maximum Gasteiger partial charge on any atom is 0.0585 e. The molecule has 0 radical (unpaired) electrons. The van der Waals surface area contributed by atoms with Crippen LogP contribution >= 0.6 is 0 Å². The molecule has 2 rings (SSSR count). The monoisotopic (exact) mass is 321 g/mol. The molecule has 0 amide bonds. The molecule has 3 heteroatoms. The molecular weight excluding hydrogens is 294 g/mol. The quantitative estimate of drug-likeness (QED) is 0.635. The van der Waals surface area contributed by atoms with Crippen LogP contribution in [-0.2, 0) is 6.54 Å². The highest BCUT2D eigenvalue weighted by Gasteiger charge is 2.03. The predicted octanol–water partition coefficient (Wildman–Crippen LogP) is 4.36. The molecule has 0 aliphatic heterocycles.